The zero-order chi connectivity index (χ0) is 9.14. The van der Waals surface area contributed by atoms with Gasteiger partial charge in [-0.15, -0.1) is 0 Å². The molecule has 0 aromatic heterocycles. The van der Waals surface area contributed by atoms with Gasteiger partial charge in [0.2, 0.25) is 0 Å². The number of carbonyl (C=O) groups excluding carboxylic acids is 1. The van der Waals surface area contributed by atoms with Crippen LogP contribution in [-0.2, 0) is 4.74 Å². The Bertz CT molecular complexity index is 310. The average molecular weight is 167 g/mol. The molecule has 0 atom stereocenters. The maximum absolute atomic E-state index is 11.0. The minimum atomic E-state index is -0.387. The van der Waals surface area contributed by atoms with E-state index in [-0.39, 0.29) is 5.97 Å². The molecule has 0 unspecified atom stereocenters. The fourth-order valence-electron chi connectivity index (χ4n) is 0.840. The Morgan fingerprint density at radius 1 is 1.58 bits per heavy atom. The van der Waals surface area contributed by atoms with E-state index in [9.17, 15) is 4.79 Å². The summed E-state index contributed by atoms with van der Waals surface area (Å²) >= 11 is 0. The fraction of sp³-hybridized carbons (Fsp3) is 0.125. The summed E-state index contributed by atoms with van der Waals surface area (Å²) in [5, 5.41) is 0. The van der Waals surface area contributed by atoms with Gasteiger partial charge in [0.25, 0.3) is 0 Å². The van der Waals surface area contributed by atoms with Gasteiger partial charge in [0, 0.05) is 6.07 Å². The van der Waals surface area contributed by atoms with Gasteiger partial charge < -0.3 is 16.2 Å². The summed E-state index contributed by atoms with van der Waals surface area (Å²) in [6.07, 6.45) is 0. The number of anilines is 1. The van der Waals surface area contributed by atoms with E-state index in [0.717, 1.165) is 0 Å². The highest BCUT2D eigenvalue weighted by Gasteiger charge is 2.07. The van der Waals surface area contributed by atoms with E-state index in [2.05, 4.69) is 10.5 Å². The molecule has 0 fully saturated rings. The number of nitrogens with two attached hydrogens (primary N) is 1. The Morgan fingerprint density at radius 3 is 2.75 bits per heavy atom. The first-order valence-electron chi connectivity index (χ1n) is 3.45. The first-order chi connectivity index (χ1) is 5.65. The summed E-state index contributed by atoms with van der Waals surface area (Å²) in [7, 11) is 1.33. The van der Waals surface area contributed by atoms with Crippen LogP contribution < -0.4 is 11.5 Å². The van der Waals surface area contributed by atoms with Crippen molar-refractivity contribution in [2.75, 3.05) is 12.8 Å². The molecule has 0 heterocycles. The molecule has 0 aliphatic carbocycles. The monoisotopic (exact) mass is 167 g/mol. The number of ether oxygens (including phenoxy) is 1. The van der Waals surface area contributed by atoms with Crippen LogP contribution in [0.15, 0.2) is 18.2 Å². The second-order valence-electron chi connectivity index (χ2n) is 2.41. The highest BCUT2D eigenvalue weighted by atomic mass is 16.5. The Labute approximate surface area is 70.1 Å². The van der Waals surface area contributed by atoms with Gasteiger partial charge in [-0.05, 0) is 12.1 Å². The number of benzene rings is 1. The van der Waals surface area contributed by atoms with Crippen molar-refractivity contribution in [1.82, 2.24) is 0 Å². The number of quaternary nitrogens is 1. The molecule has 64 valence electrons. The van der Waals surface area contributed by atoms with Crippen molar-refractivity contribution in [3.8, 4) is 0 Å². The number of nitrogen functional groups attached to an aromatic ring is 1. The van der Waals surface area contributed by atoms with Gasteiger partial charge in [-0.2, -0.15) is 0 Å². The molecular formula is C8H11N2O2+. The Kier molecular flexibility index (Phi) is 2.30. The summed E-state index contributed by atoms with van der Waals surface area (Å²) in [6.45, 7) is 0. The van der Waals surface area contributed by atoms with Crippen molar-refractivity contribution < 1.29 is 15.3 Å². The van der Waals surface area contributed by atoms with Gasteiger partial charge in [0.1, 0.15) is 0 Å². The van der Waals surface area contributed by atoms with Gasteiger partial charge >= 0.3 is 5.97 Å². The van der Waals surface area contributed by atoms with E-state index in [1.807, 2.05) is 0 Å². The molecule has 0 bridgehead atoms. The van der Waals surface area contributed by atoms with Crippen LogP contribution in [0, 0.1) is 0 Å². The van der Waals surface area contributed by atoms with E-state index in [1.54, 1.807) is 18.2 Å². The quantitative estimate of drug-likeness (QED) is 0.454. The minimum absolute atomic E-state index is 0.387. The number of hydrogen-bond donors (Lipinski definition) is 2. The smallest absolute Gasteiger partial charge is 0.337 e. The summed E-state index contributed by atoms with van der Waals surface area (Å²) < 4.78 is 4.52. The summed E-state index contributed by atoms with van der Waals surface area (Å²) in [5.41, 5.74) is 10.9. The van der Waals surface area contributed by atoms with Crippen molar-refractivity contribution in [3.63, 3.8) is 0 Å². The highest BCUT2D eigenvalue weighted by Crippen LogP contribution is 2.14. The van der Waals surface area contributed by atoms with Crippen molar-refractivity contribution in [3.05, 3.63) is 23.8 Å². The third-order valence-electron chi connectivity index (χ3n) is 1.57. The molecule has 0 aliphatic rings. The van der Waals surface area contributed by atoms with Gasteiger partial charge in [-0.3, -0.25) is 0 Å². The lowest BCUT2D eigenvalue weighted by Gasteiger charge is -2.00. The Hall–Kier alpha value is -1.55. The standard InChI is InChI=1S/C8H10N2O2/c1-12-8(11)5-2-3-6(9)7(10)4-5/h2-4H,9-10H2,1H3/p+1. The van der Waals surface area contributed by atoms with E-state index in [4.69, 9.17) is 5.73 Å². The van der Waals surface area contributed by atoms with Gasteiger partial charge in [-0.25, -0.2) is 4.79 Å². The number of esters is 1. The van der Waals surface area contributed by atoms with Crippen LogP contribution in [0.3, 0.4) is 0 Å². The number of methoxy groups -OCH3 is 1. The maximum Gasteiger partial charge on any atom is 0.337 e. The second kappa shape index (κ2) is 3.23. The topological polar surface area (TPSA) is 80.0 Å². The molecule has 4 nitrogen and oxygen atoms in total. The molecule has 4 heteroatoms. The lowest BCUT2D eigenvalue weighted by molar-refractivity contribution is -0.253. The normalized spacial score (nSPS) is 9.50. The SMILES string of the molecule is COC(=O)c1ccc([NH3+])c(N)c1. The predicted octanol–water partition coefficient (Wildman–Crippen LogP) is -0.0712. The lowest BCUT2D eigenvalue weighted by atomic mass is 10.2. The summed E-state index contributed by atoms with van der Waals surface area (Å²) in [5.74, 6) is -0.387. The third kappa shape index (κ3) is 1.54. The predicted molar refractivity (Wildman–Crippen MR) is 44.7 cm³/mol. The first-order valence-corrected chi connectivity index (χ1v) is 3.45. The van der Waals surface area contributed by atoms with Crippen LogP contribution in [0.4, 0.5) is 11.4 Å². The lowest BCUT2D eigenvalue weighted by Crippen LogP contribution is -2.41. The van der Waals surface area contributed by atoms with E-state index >= 15 is 0 Å². The molecule has 0 saturated carbocycles. The number of rotatable bonds is 1. The molecule has 0 saturated heterocycles. The highest BCUT2D eigenvalue weighted by molar-refractivity contribution is 5.91. The second-order valence-corrected chi connectivity index (χ2v) is 2.41. The van der Waals surface area contributed by atoms with E-state index in [0.29, 0.717) is 16.9 Å². The molecule has 1 aromatic carbocycles. The van der Waals surface area contributed by atoms with Crippen LogP contribution in [0.25, 0.3) is 0 Å². The molecule has 12 heavy (non-hydrogen) atoms. The zero-order valence-electron chi connectivity index (χ0n) is 6.83. The molecule has 0 amide bonds. The first kappa shape index (κ1) is 8.55. The molecule has 0 radical (unpaired) electrons. The molecule has 5 N–H and O–H groups in total. The third-order valence-corrected chi connectivity index (χ3v) is 1.57. The average Bonchev–Trinajstić information content (AvgIpc) is 2.08. The van der Waals surface area contributed by atoms with Gasteiger partial charge in [0.15, 0.2) is 5.69 Å². The van der Waals surface area contributed by atoms with Crippen LogP contribution >= 0.6 is 0 Å². The molecular weight excluding hydrogens is 156 g/mol. The molecule has 0 aliphatic heterocycles. The fourth-order valence-corrected chi connectivity index (χ4v) is 0.840. The summed E-state index contributed by atoms with van der Waals surface area (Å²) in [6, 6.07) is 4.86. The zero-order valence-corrected chi connectivity index (χ0v) is 6.83. The number of hydrogen-bond acceptors (Lipinski definition) is 3. The summed E-state index contributed by atoms with van der Waals surface area (Å²) in [4.78, 5) is 11.0. The minimum Gasteiger partial charge on any atom is -0.465 e. The van der Waals surface area contributed by atoms with Crippen LogP contribution in [-0.4, -0.2) is 13.1 Å². The molecule has 1 aromatic rings. The van der Waals surface area contributed by atoms with Gasteiger partial charge in [0.05, 0.1) is 18.4 Å². The van der Waals surface area contributed by atoms with E-state index in [1.165, 1.54) is 7.11 Å². The van der Waals surface area contributed by atoms with Crippen molar-refractivity contribution in [2.24, 2.45) is 0 Å². The van der Waals surface area contributed by atoms with Gasteiger partial charge in [-0.1, -0.05) is 0 Å². The maximum atomic E-state index is 11.0. The van der Waals surface area contributed by atoms with Crippen molar-refractivity contribution >= 4 is 17.3 Å². The largest absolute Gasteiger partial charge is 0.465 e. The van der Waals surface area contributed by atoms with Crippen molar-refractivity contribution in [2.45, 2.75) is 0 Å². The number of carbonyl (C=O) groups is 1. The van der Waals surface area contributed by atoms with E-state index < -0.39 is 0 Å². The molecule has 0 spiro atoms. The van der Waals surface area contributed by atoms with Crippen LogP contribution in [0.2, 0.25) is 0 Å². The van der Waals surface area contributed by atoms with Crippen LogP contribution in [0.1, 0.15) is 10.4 Å². The Balaban J connectivity index is 3.05. The van der Waals surface area contributed by atoms with Crippen LogP contribution in [0.5, 0.6) is 0 Å². The Morgan fingerprint density at radius 2 is 2.25 bits per heavy atom. The molecule has 1 rings (SSSR count). The van der Waals surface area contributed by atoms with Crippen molar-refractivity contribution in [1.29, 1.82) is 0 Å².